The first-order chi connectivity index (χ1) is 15.7. The molecular weight excluding hydrogens is 412 g/mol. The minimum Gasteiger partial charge on any atom is -0.322 e. The Morgan fingerprint density at radius 1 is 1.18 bits per heavy atom. The Balaban J connectivity index is 1.77. The summed E-state index contributed by atoms with van der Waals surface area (Å²) in [5, 5.41) is 14.1. The van der Waals surface area contributed by atoms with Crippen LogP contribution in [0.15, 0.2) is 23.0 Å². The molecule has 0 unspecified atom stereocenters. The van der Waals surface area contributed by atoms with Crippen LogP contribution < -0.4 is 5.56 Å². The van der Waals surface area contributed by atoms with Crippen molar-refractivity contribution < 1.29 is 0 Å². The number of fused-ring (bicyclic) bond motifs is 1. The van der Waals surface area contributed by atoms with Gasteiger partial charge in [-0.3, -0.25) is 9.69 Å². The fourth-order valence-electron chi connectivity index (χ4n) is 5.31. The van der Waals surface area contributed by atoms with E-state index in [4.69, 9.17) is 0 Å². The quantitative estimate of drug-likeness (QED) is 0.512. The van der Waals surface area contributed by atoms with Crippen LogP contribution in [0.3, 0.4) is 0 Å². The van der Waals surface area contributed by atoms with Crippen molar-refractivity contribution in [2.45, 2.75) is 104 Å². The molecule has 0 amide bonds. The lowest BCUT2D eigenvalue weighted by Crippen LogP contribution is -2.40. The number of hydrogen-bond acceptors (Lipinski definition) is 5. The Hall–Kier alpha value is -2.54. The fourth-order valence-corrected chi connectivity index (χ4v) is 5.31. The summed E-state index contributed by atoms with van der Waals surface area (Å²) in [6.07, 6.45) is 6.59. The van der Waals surface area contributed by atoms with Gasteiger partial charge in [-0.05, 0) is 87.1 Å². The number of tetrazole rings is 1. The molecule has 2 heterocycles. The molecule has 0 aliphatic heterocycles. The van der Waals surface area contributed by atoms with Gasteiger partial charge in [0.25, 0.3) is 5.56 Å². The molecule has 1 aromatic carbocycles. The van der Waals surface area contributed by atoms with E-state index in [1.807, 2.05) is 4.68 Å². The molecule has 1 fully saturated rings. The zero-order valence-corrected chi connectivity index (χ0v) is 21.0. The minimum atomic E-state index is -0.164. The second-order valence-electron chi connectivity index (χ2n) is 10.3. The Kier molecular flexibility index (Phi) is 6.71. The summed E-state index contributed by atoms with van der Waals surface area (Å²) in [5.74, 6) is 0.903. The van der Waals surface area contributed by atoms with Crippen LogP contribution in [0, 0.1) is 13.8 Å². The molecule has 1 N–H and O–H groups in total. The topological polar surface area (TPSA) is 79.7 Å². The molecular formula is C26H38N6O. The van der Waals surface area contributed by atoms with Gasteiger partial charge >= 0.3 is 0 Å². The minimum absolute atomic E-state index is 0.00108. The first-order valence-electron chi connectivity index (χ1n) is 12.4. The lowest BCUT2D eigenvalue weighted by Gasteiger charge is -2.36. The monoisotopic (exact) mass is 450 g/mol. The lowest BCUT2D eigenvalue weighted by atomic mass is 10.00. The van der Waals surface area contributed by atoms with E-state index in [1.165, 1.54) is 18.4 Å². The van der Waals surface area contributed by atoms with Crippen molar-refractivity contribution in [1.29, 1.82) is 0 Å². The summed E-state index contributed by atoms with van der Waals surface area (Å²) in [5.41, 5.74) is 3.91. The molecule has 1 atom stereocenters. The Bertz CT molecular complexity index is 1170. The standard InChI is InChI=1S/C26H38N6O/c1-7-23(24-28-29-30-32(24)26(5,6)8-2)31(20-11-9-10-12-20)16-19-15-21-18(4)13-17(3)14-22(21)27-25(19)33/h13-15,20,23H,7-12,16H2,1-6H3,(H,27,33)/t23-/m0/s1. The number of aromatic amines is 1. The molecule has 1 aliphatic carbocycles. The highest BCUT2D eigenvalue weighted by Crippen LogP contribution is 2.35. The number of pyridine rings is 1. The molecule has 7 nitrogen and oxygen atoms in total. The second kappa shape index (κ2) is 9.37. The molecule has 3 aromatic rings. The number of nitrogens with one attached hydrogen (secondary N) is 1. The normalized spacial score (nSPS) is 16.2. The first kappa shape index (κ1) is 23.6. The van der Waals surface area contributed by atoms with E-state index in [0.29, 0.717) is 12.6 Å². The third-order valence-corrected chi connectivity index (χ3v) is 7.55. The number of benzene rings is 1. The van der Waals surface area contributed by atoms with Crippen LogP contribution in [0.2, 0.25) is 0 Å². The van der Waals surface area contributed by atoms with Crippen LogP contribution in [-0.4, -0.2) is 36.1 Å². The molecule has 2 aromatic heterocycles. The molecule has 0 spiro atoms. The van der Waals surface area contributed by atoms with Crippen molar-refractivity contribution in [3.8, 4) is 0 Å². The molecule has 0 bridgehead atoms. The smallest absolute Gasteiger partial charge is 0.252 e. The predicted octanol–water partition coefficient (Wildman–Crippen LogP) is 5.17. The maximum atomic E-state index is 13.1. The summed E-state index contributed by atoms with van der Waals surface area (Å²) in [7, 11) is 0. The number of aromatic nitrogens is 5. The number of aryl methyl sites for hydroxylation is 2. The van der Waals surface area contributed by atoms with Crippen LogP contribution in [-0.2, 0) is 12.1 Å². The first-order valence-corrected chi connectivity index (χ1v) is 12.4. The molecule has 0 radical (unpaired) electrons. The summed E-state index contributed by atoms with van der Waals surface area (Å²) in [6, 6.07) is 6.81. The average molecular weight is 451 g/mol. The highest BCUT2D eigenvalue weighted by Gasteiger charge is 2.35. The largest absolute Gasteiger partial charge is 0.322 e. The van der Waals surface area contributed by atoms with Crippen molar-refractivity contribution in [3.63, 3.8) is 0 Å². The van der Waals surface area contributed by atoms with Crippen molar-refractivity contribution in [3.05, 3.63) is 51.1 Å². The van der Waals surface area contributed by atoms with Crippen LogP contribution >= 0.6 is 0 Å². The van der Waals surface area contributed by atoms with Gasteiger partial charge in [-0.15, -0.1) is 5.10 Å². The maximum Gasteiger partial charge on any atom is 0.252 e. The third kappa shape index (κ3) is 4.60. The van der Waals surface area contributed by atoms with Crippen LogP contribution in [0.25, 0.3) is 10.9 Å². The van der Waals surface area contributed by atoms with Gasteiger partial charge in [0.05, 0.1) is 11.6 Å². The van der Waals surface area contributed by atoms with E-state index >= 15 is 0 Å². The van der Waals surface area contributed by atoms with Crippen LogP contribution in [0.1, 0.15) is 94.8 Å². The predicted molar refractivity (Wildman–Crippen MR) is 132 cm³/mol. The van der Waals surface area contributed by atoms with E-state index in [0.717, 1.165) is 53.5 Å². The van der Waals surface area contributed by atoms with E-state index in [9.17, 15) is 4.79 Å². The molecule has 1 saturated carbocycles. The molecule has 1 aliphatic rings. The van der Waals surface area contributed by atoms with Crippen molar-refractivity contribution in [2.24, 2.45) is 0 Å². The van der Waals surface area contributed by atoms with Gasteiger partial charge in [-0.1, -0.05) is 32.8 Å². The Labute approximate surface area is 196 Å². The zero-order chi connectivity index (χ0) is 23.8. The summed E-state index contributed by atoms with van der Waals surface area (Å²) in [6.45, 7) is 13.5. The Morgan fingerprint density at radius 2 is 1.91 bits per heavy atom. The maximum absolute atomic E-state index is 13.1. The van der Waals surface area contributed by atoms with Crippen molar-refractivity contribution in [2.75, 3.05) is 0 Å². The van der Waals surface area contributed by atoms with Gasteiger partial charge in [-0.25, -0.2) is 4.68 Å². The molecule has 4 rings (SSSR count). The van der Waals surface area contributed by atoms with Crippen LogP contribution in [0.5, 0.6) is 0 Å². The lowest BCUT2D eigenvalue weighted by molar-refractivity contribution is 0.106. The highest BCUT2D eigenvalue weighted by molar-refractivity contribution is 5.83. The number of rotatable bonds is 8. The zero-order valence-electron chi connectivity index (χ0n) is 21.0. The van der Waals surface area contributed by atoms with E-state index in [2.05, 4.69) is 85.2 Å². The molecule has 178 valence electrons. The summed E-state index contributed by atoms with van der Waals surface area (Å²) < 4.78 is 2.00. The highest BCUT2D eigenvalue weighted by atomic mass is 16.1. The van der Waals surface area contributed by atoms with Gasteiger partial charge in [-0.2, -0.15) is 0 Å². The van der Waals surface area contributed by atoms with E-state index in [1.54, 1.807) is 0 Å². The fraction of sp³-hybridized carbons (Fsp3) is 0.615. The second-order valence-corrected chi connectivity index (χ2v) is 10.3. The van der Waals surface area contributed by atoms with Crippen molar-refractivity contribution >= 4 is 10.9 Å². The molecule has 7 heteroatoms. The number of hydrogen-bond donors (Lipinski definition) is 1. The third-order valence-electron chi connectivity index (χ3n) is 7.55. The van der Waals surface area contributed by atoms with Crippen molar-refractivity contribution in [1.82, 2.24) is 30.1 Å². The van der Waals surface area contributed by atoms with E-state index in [-0.39, 0.29) is 17.1 Å². The van der Waals surface area contributed by atoms with Gasteiger partial charge < -0.3 is 4.98 Å². The molecule has 0 saturated heterocycles. The Morgan fingerprint density at radius 3 is 2.58 bits per heavy atom. The van der Waals surface area contributed by atoms with Gasteiger partial charge in [0.15, 0.2) is 5.82 Å². The van der Waals surface area contributed by atoms with Gasteiger partial charge in [0, 0.05) is 29.1 Å². The van der Waals surface area contributed by atoms with Gasteiger partial charge in [0.2, 0.25) is 0 Å². The SMILES string of the molecule is CC[C@@H](c1nnnn1C(C)(C)CC)N(Cc1cc2c(C)cc(C)cc2[nH]c1=O)C1CCCC1. The van der Waals surface area contributed by atoms with E-state index < -0.39 is 0 Å². The summed E-state index contributed by atoms with van der Waals surface area (Å²) in [4.78, 5) is 18.8. The average Bonchev–Trinajstić information content (AvgIpc) is 3.47. The van der Waals surface area contributed by atoms with Crippen LogP contribution in [0.4, 0.5) is 0 Å². The summed E-state index contributed by atoms with van der Waals surface area (Å²) >= 11 is 0. The number of H-pyrrole nitrogens is 1. The molecule has 33 heavy (non-hydrogen) atoms. The van der Waals surface area contributed by atoms with Gasteiger partial charge in [0.1, 0.15) is 0 Å². The number of nitrogens with zero attached hydrogens (tertiary/aromatic N) is 5.